The fourth-order valence-electron chi connectivity index (χ4n) is 5.94. The molecule has 2 aliphatic heterocycles. The Morgan fingerprint density at radius 1 is 1.05 bits per heavy atom. The lowest BCUT2D eigenvalue weighted by Gasteiger charge is -2.35. The smallest absolute Gasteiger partial charge is 0.321 e. The monoisotopic (exact) mass is 580 g/mol. The van der Waals surface area contributed by atoms with Crippen molar-refractivity contribution in [2.45, 2.75) is 69.9 Å². The number of fused-ring (bicyclic) bond motifs is 2. The van der Waals surface area contributed by atoms with E-state index >= 15 is 0 Å². The highest BCUT2D eigenvalue weighted by atomic mass is 35.5. The Hall–Kier alpha value is -2.93. The molecule has 0 amide bonds. The lowest BCUT2D eigenvalue weighted by Crippen LogP contribution is -2.46. The normalized spacial score (nSPS) is 21.6. The van der Waals surface area contributed by atoms with Crippen LogP contribution < -0.4 is 14.4 Å². The predicted octanol–water partition coefficient (Wildman–Crippen LogP) is 7.46. The lowest BCUT2D eigenvalue weighted by molar-refractivity contribution is -0.144. The molecule has 6 nitrogen and oxygen atoms in total. The number of carboxylic acids is 1. The fraction of sp³-hybridized carbons (Fsp3) is 0.406. The molecule has 3 aromatic rings. The molecule has 1 N–H and O–H groups in total. The first-order chi connectivity index (χ1) is 19.3. The van der Waals surface area contributed by atoms with Gasteiger partial charge in [0.25, 0.3) is 0 Å². The number of nitrogens with zero attached hydrogens (tertiary/aromatic N) is 2. The van der Waals surface area contributed by atoms with Crippen molar-refractivity contribution in [2.75, 3.05) is 18.5 Å². The number of benzene rings is 3. The summed E-state index contributed by atoms with van der Waals surface area (Å²) in [6.07, 6.45) is 4.11. The van der Waals surface area contributed by atoms with E-state index in [2.05, 4.69) is 48.0 Å². The summed E-state index contributed by atoms with van der Waals surface area (Å²) in [6, 6.07) is 18.0. The first kappa shape index (κ1) is 27.3. The van der Waals surface area contributed by atoms with E-state index in [0.29, 0.717) is 29.1 Å². The van der Waals surface area contributed by atoms with Crippen molar-refractivity contribution >= 4 is 34.9 Å². The SMILES string of the molecule is CC[C@@H](Oc1ccc([C@H]2CCN(C)c3cc4c(cc3O2)CN(C2CC2)[C@H](C(=O)O)C4)cc1)c1ccc(Cl)c(Cl)c1. The van der Waals surface area contributed by atoms with Crippen molar-refractivity contribution in [2.24, 2.45) is 0 Å². The van der Waals surface area contributed by atoms with Crippen LogP contribution in [0, 0.1) is 0 Å². The van der Waals surface area contributed by atoms with E-state index in [1.165, 1.54) is 5.56 Å². The lowest BCUT2D eigenvalue weighted by atomic mass is 9.92. The number of anilines is 1. The highest BCUT2D eigenvalue weighted by Gasteiger charge is 2.41. The third kappa shape index (κ3) is 5.50. The molecule has 3 aromatic carbocycles. The molecule has 6 rings (SSSR count). The molecule has 1 saturated carbocycles. The Labute approximate surface area is 245 Å². The van der Waals surface area contributed by atoms with Gasteiger partial charge >= 0.3 is 5.97 Å². The van der Waals surface area contributed by atoms with Gasteiger partial charge in [-0.05, 0) is 84.3 Å². The van der Waals surface area contributed by atoms with Crippen LogP contribution in [0.3, 0.4) is 0 Å². The molecule has 3 aliphatic rings. The van der Waals surface area contributed by atoms with Crippen molar-refractivity contribution in [1.82, 2.24) is 4.90 Å². The van der Waals surface area contributed by atoms with Gasteiger partial charge in [0.2, 0.25) is 0 Å². The van der Waals surface area contributed by atoms with Crippen LogP contribution in [0.15, 0.2) is 54.6 Å². The Morgan fingerprint density at radius 3 is 2.50 bits per heavy atom. The van der Waals surface area contributed by atoms with E-state index in [-0.39, 0.29) is 12.2 Å². The zero-order valence-corrected chi connectivity index (χ0v) is 24.3. The van der Waals surface area contributed by atoms with Crippen LogP contribution in [0.25, 0.3) is 0 Å². The van der Waals surface area contributed by atoms with Gasteiger partial charge < -0.3 is 19.5 Å². The Bertz CT molecular complexity index is 1410. The first-order valence-corrected chi connectivity index (χ1v) is 14.8. The van der Waals surface area contributed by atoms with Crippen LogP contribution in [-0.4, -0.2) is 41.7 Å². The van der Waals surface area contributed by atoms with Gasteiger partial charge in [0.15, 0.2) is 0 Å². The topological polar surface area (TPSA) is 62.2 Å². The van der Waals surface area contributed by atoms with Crippen molar-refractivity contribution in [3.05, 3.63) is 86.9 Å². The molecular weight excluding hydrogens is 547 g/mol. The maximum absolute atomic E-state index is 12.0. The van der Waals surface area contributed by atoms with Gasteiger partial charge in [-0.15, -0.1) is 0 Å². The van der Waals surface area contributed by atoms with Gasteiger partial charge in [-0.25, -0.2) is 0 Å². The van der Waals surface area contributed by atoms with Gasteiger partial charge in [-0.3, -0.25) is 9.69 Å². The zero-order chi connectivity index (χ0) is 28.0. The summed E-state index contributed by atoms with van der Waals surface area (Å²) in [5, 5.41) is 10.9. The summed E-state index contributed by atoms with van der Waals surface area (Å²) in [5.41, 5.74) is 5.41. The highest BCUT2D eigenvalue weighted by Crippen LogP contribution is 2.42. The second-order valence-corrected chi connectivity index (χ2v) is 11.9. The minimum absolute atomic E-state index is 0.0947. The van der Waals surface area contributed by atoms with E-state index < -0.39 is 12.0 Å². The summed E-state index contributed by atoms with van der Waals surface area (Å²) in [5.74, 6) is 0.918. The molecular formula is C32H34Cl2N2O4. The maximum Gasteiger partial charge on any atom is 0.321 e. The Morgan fingerprint density at radius 2 is 1.82 bits per heavy atom. The average Bonchev–Trinajstić information content (AvgIpc) is 3.81. The highest BCUT2D eigenvalue weighted by molar-refractivity contribution is 6.42. The summed E-state index contributed by atoms with van der Waals surface area (Å²) >= 11 is 12.3. The first-order valence-electron chi connectivity index (χ1n) is 14.0. The van der Waals surface area contributed by atoms with E-state index in [0.717, 1.165) is 66.1 Å². The summed E-state index contributed by atoms with van der Waals surface area (Å²) in [4.78, 5) is 16.4. The zero-order valence-electron chi connectivity index (χ0n) is 22.8. The Kier molecular flexibility index (Phi) is 7.60. The molecule has 210 valence electrons. The van der Waals surface area contributed by atoms with Crippen molar-refractivity contribution in [3.63, 3.8) is 0 Å². The quantitative estimate of drug-likeness (QED) is 0.313. The summed E-state index contributed by atoms with van der Waals surface area (Å²) in [6.45, 7) is 3.57. The molecule has 3 atom stereocenters. The van der Waals surface area contributed by atoms with Crippen LogP contribution in [0.1, 0.15) is 67.1 Å². The third-order valence-corrected chi connectivity index (χ3v) is 9.11. The minimum atomic E-state index is -0.730. The number of rotatable bonds is 7. The molecule has 1 aliphatic carbocycles. The van der Waals surface area contributed by atoms with Gasteiger partial charge in [0.05, 0.1) is 15.7 Å². The molecule has 0 saturated heterocycles. The molecule has 0 aromatic heterocycles. The molecule has 0 unspecified atom stereocenters. The van der Waals surface area contributed by atoms with Crippen molar-refractivity contribution in [3.8, 4) is 11.5 Å². The van der Waals surface area contributed by atoms with Crippen LogP contribution >= 0.6 is 23.2 Å². The standard InChI is InChI=1S/C32H34Cl2N2O4/c1-3-29(20-6-11-25(33)26(34)14-20)39-24-9-4-19(5-10-24)30-12-13-35(2)27-15-21-16-28(32(37)38)36(23-7-8-23)18-22(21)17-31(27)40-30/h4-6,9-11,14-15,17,23,28-30H,3,7-8,12-13,16,18H2,1-2H3,(H,37,38)/t28-,29+,30+/m0/s1. The van der Waals surface area contributed by atoms with E-state index in [4.69, 9.17) is 32.7 Å². The van der Waals surface area contributed by atoms with Crippen LogP contribution in [0.4, 0.5) is 5.69 Å². The number of aliphatic carboxylic acids is 1. The Balaban J connectivity index is 1.20. The molecule has 0 spiro atoms. The molecule has 1 fully saturated rings. The number of hydrogen-bond acceptors (Lipinski definition) is 5. The number of ether oxygens (including phenoxy) is 2. The molecule has 8 heteroatoms. The second kappa shape index (κ2) is 11.2. The number of hydrogen-bond donors (Lipinski definition) is 1. The van der Waals surface area contributed by atoms with Crippen LogP contribution in [-0.2, 0) is 17.8 Å². The van der Waals surface area contributed by atoms with Crippen LogP contribution in [0.5, 0.6) is 11.5 Å². The van der Waals surface area contributed by atoms with Gasteiger partial charge in [-0.2, -0.15) is 0 Å². The third-order valence-electron chi connectivity index (χ3n) is 8.37. The minimum Gasteiger partial charge on any atom is -0.486 e. The summed E-state index contributed by atoms with van der Waals surface area (Å²) < 4.78 is 13.0. The maximum atomic E-state index is 12.0. The van der Waals surface area contributed by atoms with E-state index in [9.17, 15) is 9.90 Å². The number of carboxylic acid groups (broad SMARTS) is 1. The average molecular weight is 582 g/mol. The fourth-order valence-corrected chi connectivity index (χ4v) is 6.24. The van der Waals surface area contributed by atoms with Gasteiger partial charge in [-0.1, -0.05) is 48.3 Å². The predicted molar refractivity (Wildman–Crippen MR) is 158 cm³/mol. The van der Waals surface area contributed by atoms with E-state index in [1.807, 2.05) is 24.3 Å². The summed E-state index contributed by atoms with van der Waals surface area (Å²) in [7, 11) is 2.08. The molecule has 0 radical (unpaired) electrons. The van der Waals surface area contributed by atoms with E-state index in [1.54, 1.807) is 6.07 Å². The second-order valence-electron chi connectivity index (χ2n) is 11.1. The van der Waals surface area contributed by atoms with Crippen molar-refractivity contribution in [1.29, 1.82) is 0 Å². The molecule has 40 heavy (non-hydrogen) atoms. The van der Waals surface area contributed by atoms with Crippen molar-refractivity contribution < 1.29 is 19.4 Å². The van der Waals surface area contributed by atoms with Crippen LogP contribution in [0.2, 0.25) is 10.0 Å². The number of carbonyl (C=O) groups is 1. The number of halogens is 2. The molecule has 0 bridgehead atoms. The van der Waals surface area contributed by atoms with Gasteiger partial charge in [0, 0.05) is 32.6 Å². The van der Waals surface area contributed by atoms with Gasteiger partial charge in [0.1, 0.15) is 29.7 Å². The molecule has 2 heterocycles. The largest absolute Gasteiger partial charge is 0.486 e.